The van der Waals surface area contributed by atoms with Gasteiger partial charge in [0.05, 0.1) is 12.3 Å². The van der Waals surface area contributed by atoms with Crippen LogP contribution in [-0.4, -0.2) is 38.5 Å². The molecule has 1 heterocycles. The third-order valence-electron chi connectivity index (χ3n) is 3.89. The second-order valence-electron chi connectivity index (χ2n) is 5.73. The van der Waals surface area contributed by atoms with Gasteiger partial charge in [-0.05, 0) is 44.3 Å². The summed E-state index contributed by atoms with van der Waals surface area (Å²) in [6.07, 6.45) is 1.71. The highest BCUT2D eigenvalue weighted by Gasteiger charge is 2.17. The number of hydrogen-bond acceptors (Lipinski definition) is 3. The van der Waals surface area contributed by atoms with Crippen molar-refractivity contribution in [2.24, 2.45) is 4.99 Å². The van der Waals surface area contributed by atoms with E-state index in [1.807, 2.05) is 26.2 Å². The quantitative estimate of drug-likeness (QED) is 0.635. The van der Waals surface area contributed by atoms with Crippen LogP contribution in [-0.2, 0) is 6.54 Å². The van der Waals surface area contributed by atoms with Gasteiger partial charge < -0.3 is 15.1 Å². The van der Waals surface area contributed by atoms with Crippen molar-refractivity contribution in [2.75, 3.05) is 27.7 Å². The lowest BCUT2D eigenvalue weighted by atomic mass is 10.1. The second kappa shape index (κ2) is 8.39. The normalized spacial score (nSPS) is 13.2. The molecule has 2 N–H and O–H groups in total. The Bertz CT molecular complexity index is 620. The number of aliphatic imine (C=N–C) groups is 1. The highest BCUT2D eigenvalue weighted by molar-refractivity contribution is 5.79. The molecule has 1 aromatic heterocycles. The van der Waals surface area contributed by atoms with Crippen LogP contribution in [0.25, 0.3) is 0 Å². The zero-order valence-corrected chi connectivity index (χ0v) is 14.3. The standard InChI is InChI=1S/C18H26N4O/c1-14-8-5-6-9-15(14)12-20-18(19-2)21-13-16(22(3)4)17-10-7-11-23-17/h5-11,16H,12-13H2,1-4H3,(H2,19,20,21). The number of aryl methyl sites for hydroxylation is 1. The van der Waals surface area contributed by atoms with Crippen molar-refractivity contribution in [1.29, 1.82) is 0 Å². The van der Waals surface area contributed by atoms with Crippen LogP contribution in [0.2, 0.25) is 0 Å². The van der Waals surface area contributed by atoms with Crippen LogP contribution in [0.3, 0.4) is 0 Å². The van der Waals surface area contributed by atoms with Crippen molar-refractivity contribution >= 4 is 5.96 Å². The van der Waals surface area contributed by atoms with Crippen LogP contribution in [0, 0.1) is 6.92 Å². The summed E-state index contributed by atoms with van der Waals surface area (Å²) in [7, 11) is 5.86. The third-order valence-corrected chi connectivity index (χ3v) is 3.89. The molecule has 0 radical (unpaired) electrons. The topological polar surface area (TPSA) is 52.8 Å². The first-order valence-corrected chi connectivity index (χ1v) is 7.80. The van der Waals surface area contributed by atoms with Gasteiger partial charge in [0.1, 0.15) is 5.76 Å². The summed E-state index contributed by atoms with van der Waals surface area (Å²) in [6.45, 7) is 3.58. The van der Waals surface area contributed by atoms with Crippen LogP contribution in [0.1, 0.15) is 22.9 Å². The maximum Gasteiger partial charge on any atom is 0.191 e. The summed E-state index contributed by atoms with van der Waals surface area (Å²) in [5.41, 5.74) is 2.54. The Kier molecular flexibility index (Phi) is 6.23. The van der Waals surface area contributed by atoms with Gasteiger partial charge in [0.25, 0.3) is 0 Å². The molecule has 0 aliphatic heterocycles. The smallest absolute Gasteiger partial charge is 0.191 e. The number of benzene rings is 1. The Balaban J connectivity index is 1.91. The van der Waals surface area contributed by atoms with E-state index in [4.69, 9.17) is 4.42 Å². The molecule has 23 heavy (non-hydrogen) atoms. The van der Waals surface area contributed by atoms with Crippen molar-refractivity contribution < 1.29 is 4.42 Å². The molecule has 0 aliphatic rings. The van der Waals surface area contributed by atoms with E-state index in [2.05, 4.69) is 51.7 Å². The lowest BCUT2D eigenvalue weighted by Crippen LogP contribution is -2.41. The molecule has 0 saturated carbocycles. The largest absolute Gasteiger partial charge is 0.468 e. The lowest BCUT2D eigenvalue weighted by Gasteiger charge is -2.23. The van der Waals surface area contributed by atoms with E-state index in [-0.39, 0.29) is 6.04 Å². The number of rotatable bonds is 6. The minimum absolute atomic E-state index is 0.155. The maximum atomic E-state index is 5.53. The SMILES string of the molecule is CN=C(NCc1ccccc1C)NCC(c1ccco1)N(C)C. The fraction of sp³-hybridized carbons (Fsp3) is 0.389. The Morgan fingerprint density at radius 1 is 1.17 bits per heavy atom. The molecule has 1 aromatic carbocycles. The summed E-state index contributed by atoms with van der Waals surface area (Å²) >= 11 is 0. The van der Waals surface area contributed by atoms with Crippen molar-refractivity contribution in [3.63, 3.8) is 0 Å². The molecule has 0 spiro atoms. The van der Waals surface area contributed by atoms with Crippen LogP contribution in [0.15, 0.2) is 52.1 Å². The van der Waals surface area contributed by atoms with E-state index < -0.39 is 0 Å². The first-order chi connectivity index (χ1) is 11.1. The van der Waals surface area contributed by atoms with E-state index in [1.165, 1.54) is 11.1 Å². The van der Waals surface area contributed by atoms with Gasteiger partial charge >= 0.3 is 0 Å². The fourth-order valence-electron chi connectivity index (χ4n) is 2.42. The average molecular weight is 314 g/mol. The molecular weight excluding hydrogens is 288 g/mol. The number of hydrogen-bond donors (Lipinski definition) is 2. The van der Waals surface area contributed by atoms with Gasteiger partial charge in [0, 0.05) is 20.1 Å². The van der Waals surface area contributed by atoms with E-state index in [1.54, 1.807) is 13.3 Å². The van der Waals surface area contributed by atoms with Crippen molar-refractivity contribution in [3.8, 4) is 0 Å². The summed E-state index contributed by atoms with van der Waals surface area (Å²) < 4.78 is 5.53. The third kappa shape index (κ3) is 4.86. The molecular formula is C18H26N4O. The Morgan fingerprint density at radius 3 is 2.57 bits per heavy atom. The first kappa shape index (κ1) is 17.1. The molecule has 5 nitrogen and oxygen atoms in total. The van der Waals surface area contributed by atoms with Crippen LogP contribution >= 0.6 is 0 Å². The number of guanidine groups is 1. The molecule has 1 atom stereocenters. The van der Waals surface area contributed by atoms with E-state index >= 15 is 0 Å². The Labute approximate surface area is 138 Å². The lowest BCUT2D eigenvalue weighted by molar-refractivity contribution is 0.258. The summed E-state index contributed by atoms with van der Waals surface area (Å²) in [6, 6.07) is 12.4. The van der Waals surface area contributed by atoms with Gasteiger partial charge in [0.2, 0.25) is 0 Å². The average Bonchev–Trinajstić information content (AvgIpc) is 3.05. The monoisotopic (exact) mass is 314 g/mol. The predicted octanol–water partition coefficient (Wildman–Crippen LogP) is 2.56. The van der Waals surface area contributed by atoms with Crippen LogP contribution in [0.5, 0.6) is 0 Å². The highest BCUT2D eigenvalue weighted by Crippen LogP contribution is 2.17. The second-order valence-corrected chi connectivity index (χ2v) is 5.73. The van der Waals surface area contributed by atoms with Crippen LogP contribution < -0.4 is 10.6 Å². The molecule has 0 bridgehead atoms. The fourth-order valence-corrected chi connectivity index (χ4v) is 2.42. The van der Waals surface area contributed by atoms with Gasteiger partial charge in [-0.1, -0.05) is 24.3 Å². The van der Waals surface area contributed by atoms with Crippen molar-refractivity contribution in [3.05, 3.63) is 59.5 Å². The van der Waals surface area contributed by atoms with E-state index in [0.717, 1.165) is 18.3 Å². The summed E-state index contributed by atoms with van der Waals surface area (Å²) in [5, 5.41) is 6.72. The number of likely N-dealkylation sites (N-methyl/N-ethyl adjacent to an activating group) is 1. The predicted molar refractivity (Wildman–Crippen MR) is 94.5 cm³/mol. The van der Waals surface area contributed by atoms with E-state index in [9.17, 15) is 0 Å². The molecule has 2 aromatic rings. The molecule has 0 fully saturated rings. The molecule has 124 valence electrons. The maximum absolute atomic E-state index is 5.53. The van der Waals surface area contributed by atoms with Gasteiger partial charge in [-0.2, -0.15) is 0 Å². The molecule has 0 amide bonds. The number of nitrogens with zero attached hydrogens (tertiary/aromatic N) is 2. The molecule has 5 heteroatoms. The van der Waals surface area contributed by atoms with Gasteiger partial charge in [-0.25, -0.2) is 0 Å². The zero-order chi connectivity index (χ0) is 16.7. The Hall–Kier alpha value is -2.27. The molecule has 0 aliphatic carbocycles. The van der Waals surface area contributed by atoms with Gasteiger partial charge in [0.15, 0.2) is 5.96 Å². The minimum atomic E-state index is 0.155. The Morgan fingerprint density at radius 2 is 1.96 bits per heavy atom. The zero-order valence-electron chi connectivity index (χ0n) is 14.3. The van der Waals surface area contributed by atoms with Gasteiger partial charge in [-0.15, -0.1) is 0 Å². The van der Waals surface area contributed by atoms with E-state index in [0.29, 0.717) is 6.54 Å². The van der Waals surface area contributed by atoms with Crippen LogP contribution in [0.4, 0.5) is 0 Å². The molecule has 1 unspecified atom stereocenters. The number of furan rings is 1. The number of nitrogens with one attached hydrogen (secondary N) is 2. The van der Waals surface area contributed by atoms with Gasteiger partial charge in [-0.3, -0.25) is 9.89 Å². The molecule has 2 rings (SSSR count). The van der Waals surface area contributed by atoms with Crippen molar-refractivity contribution in [2.45, 2.75) is 19.5 Å². The first-order valence-electron chi connectivity index (χ1n) is 7.80. The minimum Gasteiger partial charge on any atom is -0.468 e. The van der Waals surface area contributed by atoms with Crippen molar-refractivity contribution in [1.82, 2.24) is 15.5 Å². The summed E-state index contributed by atoms with van der Waals surface area (Å²) in [5.74, 6) is 1.73. The summed E-state index contributed by atoms with van der Waals surface area (Å²) in [4.78, 5) is 6.42. The highest BCUT2D eigenvalue weighted by atomic mass is 16.3. The molecule has 0 saturated heterocycles.